The van der Waals surface area contributed by atoms with Crippen LogP contribution in [-0.4, -0.2) is 79.3 Å². The molecular formula is C30H43N3O3. The van der Waals surface area contributed by atoms with Crippen LogP contribution in [-0.2, 0) is 0 Å². The molecule has 0 saturated carbocycles. The van der Waals surface area contributed by atoms with Crippen molar-refractivity contribution in [2.24, 2.45) is 0 Å². The van der Waals surface area contributed by atoms with Gasteiger partial charge in [-0.25, -0.2) is 0 Å². The van der Waals surface area contributed by atoms with E-state index >= 15 is 0 Å². The third-order valence-corrected chi connectivity index (χ3v) is 7.66. The summed E-state index contributed by atoms with van der Waals surface area (Å²) in [6.07, 6.45) is 6.42. The first-order valence-corrected chi connectivity index (χ1v) is 13.8. The number of nitrogens with one attached hydrogen (secondary N) is 1. The molecule has 2 aromatic carbocycles. The van der Waals surface area contributed by atoms with Crippen LogP contribution in [0.25, 0.3) is 11.1 Å². The van der Waals surface area contributed by atoms with E-state index in [4.69, 9.17) is 4.74 Å². The Kier molecular flexibility index (Phi) is 9.79. The van der Waals surface area contributed by atoms with Crippen molar-refractivity contribution in [3.05, 3.63) is 53.1 Å². The standard InChI is InChI=1S/C30H43N3O3/c1-23-26(10-7-12-28(23)30(35)31-15-3-4-16-32-17-5-6-18-32)27-11-8-13-29(24(27)2)36-21-9-19-33-20-14-25(34)22-33/h7-8,10-13,25,34H,3-6,9,14-22H2,1-2H3,(H,31,35). The van der Waals surface area contributed by atoms with Crippen molar-refractivity contribution in [1.82, 2.24) is 15.1 Å². The van der Waals surface area contributed by atoms with Crippen LogP contribution < -0.4 is 10.1 Å². The first-order valence-electron chi connectivity index (χ1n) is 13.8. The molecular weight excluding hydrogens is 450 g/mol. The normalized spacial score (nSPS) is 18.6. The molecule has 2 saturated heterocycles. The molecule has 2 heterocycles. The van der Waals surface area contributed by atoms with E-state index in [-0.39, 0.29) is 12.0 Å². The van der Waals surface area contributed by atoms with E-state index < -0.39 is 0 Å². The van der Waals surface area contributed by atoms with Crippen LogP contribution in [0.5, 0.6) is 5.75 Å². The molecule has 1 atom stereocenters. The molecule has 6 heteroatoms. The van der Waals surface area contributed by atoms with Gasteiger partial charge in [0.1, 0.15) is 5.75 Å². The number of benzene rings is 2. The van der Waals surface area contributed by atoms with Gasteiger partial charge in [-0.1, -0.05) is 24.3 Å². The number of unbranched alkanes of at least 4 members (excludes halogenated alkanes) is 1. The number of β-amino-alcohol motifs (C(OH)–C–C–N with tert-alkyl or cyclic N) is 1. The van der Waals surface area contributed by atoms with Crippen LogP contribution >= 0.6 is 0 Å². The van der Waals surface area contributed by atoms with Crippen LogP contribution in [0.2, 0.25) is 0 Å². The molecule has 1 unspecified atom stereocenters. The van der Waals surface area contributed by atoms with Crippen LogP contribution in [0.15, 0.2) is 36.4 Å². The SMILES string of the molecule is Cc1c(OCCCN2CCC(O)C2)cccc1-c1cccc(C(=O)NCCCCN2CCCC2)c1C. The molecule has 2 aliphatic rings. The van der Waals surface area contributed by atoms with E-state index in [0.29, 0.717) is 6.61 Å². The summed E-state index contributed by atoms with van der Waals surface area (Å²) in [6, 6.07) is 12.1. The van der Waals surface area contributed by atoms with E-state index in [9.17, 15) is 9.90 Å². The van der Waals surface area contributed by atoms with Gasteiger partial charge in [0.2, 0.25) is 0 Å². The Bertz CT molecular complexity index is 1000. The van der Waals surface area contributed by atoms with Gasteiger partial charge in [0.25, 0.3) is 5.91 Å². The monoisotopic (exact) mass is 493 g/mol. The van der Waals surface area contributed by atoms with Gasteiger partial charge in [0, 0.05) is 31.7 Å². The largest absolute Gasteiger partial charge is 0.493 e. The molecule has 1 amide bonds. The Morgan fingerprint density at radius 1 is 0.944 bits per heavy atom. The van der Waals surface area contributed by atoms with E-state index in [1.165, 1.54) is 25.9 Å². The van der Waals surface area contributed by atoms with E-state index in [1.807, 2.05) is 31.2 Å². The van der Waals surface area contributed by atoms with E-state index in [0.717, 1.165) is 92.0 Å². The number of hydrogen-bond acceptors (Lipinski definition) is 5. The fourth-order valence-electron chi connectivity index (χ4n) is 5.49. The van der Waals surface area contributed by atoms with Crippen LogP contribution in [0.1, 0.15) is 60.0 Å². The molecule has 0 spiro atoms. The average molecular weight is 494 g/mol. The number of nitrogens with zero attached hydrogens (tertiary/aromatic N) is 2. The quantitative estimate of drug-likeness (QED) is 0.429. The maximum absolute atomic E-state index is 13.0. The molecule has 0 bridgehead atoms. The molecule has 0 radical (unpaired) electrons. The molecule has 196 valence electrons. The van der Waals surface area contributed by atoms with Crippen molar-refractivity contribution in [1.29, 1.82) is 0 Å². The summed E-state index contributed by atoms with van der Waals surface area (Å²) < 4.78 is 6.14. The molecule has 0 aromatic heterocycles. The molecule has 2 fully saturated rings. The molecule has 36 heavy (non-hydrogen) atoms. The van der Waals surface area contributed by atoms with Crippen LogP contribution in [0, 0.1) is 13.8 Å². The summed E-state index contributed by atoms with van der Waals surface area (Å²) in [5, 5.41) is 12.8. The summed E-state index contributed by atoms with van der Waals surface area (Å²) in [6.45, 7) is 11.8. The van der Waals surface area contributed by atoms with Gasteiger partial charge in [-0.2, -0.15) is 0 Å². The van der Waals surface area contributed by atoms with Crippen LogP contribution in [0.3, 0.4) is 0 Å². The van der Waals surface area contributed by atoms with Gasteiger partial charge >= 0.3 is 0 Å². The minimum absolute atomic E-state index is 0.00705. The van der Waals surface area contributed by atoms with Gasteiger partial charge in [0.05, 0.1) is 12.7 Å². The van der Waals surface area contributed by atoms with Crippen molar-refractivity contribution < 1.29 is 14.6 Å². The summed E-state index contributed by atoms with van der Waals surface area (Å²) in [4.78, 5) is 17.8. The van der Waals surface area contributed by atoms with Crippen LogP contribution in [0.4, 0.5) is 0 Å². The Hall–Kier alpha value is -2.41. The highest BCUT2D eigenvalue weighted by molar-refractivity contribution is 5.97. The van der Waals surface area contributed by atoms with E-state index in [1.54, 1.807) is 0 Å². The summed E-state index contributed by atoms with van der Waals surface area (Å²) in [5.41, 5.74) is 5.01. The number of hydrogen-bond donors (Lipinski definition) is 2. The lowest BCUT2D eigenvalue weighted by molar-refractivity contribution is 0.0952. The smallest absolute Gasteiger partial charge is 0.251 e. The van der Waals surface area contributed by atoms with Gasteiger partial charge in [-0.15, -0.1) is 0 Å². The average Bonchev–Trinajstić information content (AvgIpc) is 3.54. The Morgan fingerprint density at radius 2 is 1.67 bits per heavy atom. The zero-order chi connectivity index (χ0) is 25.3. The fourth-order valence-corrected chi connectivity index (χ4v) is 5.49. The number of carbonyl (C=O) groups excluding carboxylic acids is 1. The van der Waals surface area contributed by atoms with Crippen molar-refractivity contribution in [3.8, 4) is 16.9 Å². The molecule has 0 aliphatic carbocycles. The third-order valence-electron chi connectivity index (χ3n) is 7.66. The topological polar surface area (TPSA) is 65.0 Å². The lowest BCUT2D eigenvalue weighted by Crippen LogP contribution is -2.26. The summed E-state index contributed by atoms with van der Waals surface area (Å²) in [5.74, 6) is 0.897. The number of likely N-dealkylation sites (tertiary alicyclic amines) is 2. The highest BCUT2D eigenvalue weighted by Gasteiger charge is 2.19. The second-order valence-corrected chi connectivity index (χ2v) is 10.4. The van der Waals surface area contributed by atoms with Crippen molar-refractivity contribution in [2.75, 3.05) is 52.4 Å². The number of carbonyl (C=O) groups is 1. The zero-order valence-electron chi connectivity index (χ0n) is 22.1. The number of aliphatic hydroxyl groups is 1. The number of amides is 1. The lowest BCUT2D eigenvalue weighted by atomic mass is 9.93. The van der Waals surface area contributed by atoms with Crippen molar-refractivity contribution in [2.45, 2.75) is 58.5 Å². The summed E-state index contributed by atoms with van der Waals surface area (Å²) >= 11 is 0. The highest BCUT2D eigenvalue weighted by Crippen LogP contribution is 2.33. The highest BCUT2D eigenvalue weighted by atomic mass is 16.5. The predicted octanol–water partition coefficient (Wildman–Crippen LogP) is 4.41. The maximum atomic E-state index is 13.0. The Balaban J connectivity index is 1.31. The second kappa shape index (κ2) is 13.2. The zero-order valence-corrected chi connectivity index (χ0v) is 22.1. The molecule has 2 aromatic rings. The fraction of sp³-hybridized carbons (Fsp3) is 0.567. The van der Waals surface area contributed by atoms with Gasteiger partial charge in [0.15, 0.2) is 0 Å². The van der Waals surface area contributed by atoms with Gasteiger partial charge in [-0.05, 0) is 106 Å². The van der Waals surface area contributed by atoms with E-state index in [2.05, 4.69) is 34.2 Å². The second-order valence-electron chi connectivity index (χ2n) is 10.4. The lowest BCUT2D eigenvalue weighted by Gasteiger charge is -2.18. The number of rotatable bonds is 12. The third kappa shape index (κ3) is 7.09. The Morgan fingerprint density at radius 3 is 2.42 bits per heavy atom. The summed E-state index contributed by atoms with van der Waals surface area (Å²) in [7, 11) is 0. The minimum Gasteiger partial charge on any atom is -0.493 e. The molecule has 2 aliphatic heterocycles. The molecule has 2 N–H and O–H groups in total. The van der Waals surface area contributed by atoms with Crippen molar-refractivity contribution >= 4 is 5.91 Å². The maximum Gasteiger partial charge on any atom is 0.251 e. The molecule has 6 nitrogen and oxygen atoms in total. The number of aliphatic hydroxyl groups excluding tert-OH is 1. The molecule has 4 rings (SSSR count). The Labute approximate surface area is 216 Å². The predicted molar refractivity (Wildman–Crippen MR) is 146 cm³/mol. The number of ether oxygens (including phenoxy) is 1. The van der Waals surface area contributed by atoms with Gasteiger partial charge in [-0.3, -0.25) is 4.79 Å². The van der Waals surface area contributed by atoms with Gasteiger partial charge < -0.3 is 25.0 Å². The van der Waals surface area contributed by atoms with Crippen molar-refractivity contribution in [3.63, 3.8) is 0 Å². The first kappa shape index (κ1) is 26.6. The first-order chi connectivity index (χ1) is 17.5. The minimum atomic E-state index is -0.175.